The first kappa shape index (κ1) is 20.7. The monoisotopic (exact) mass is 420 g/mol. The highest BCUT2D eigenvalue weighted by atomic mass is 32.2. The number of hydrogen-bond donors (Lipinski definition) is 1. The van der Waals surface area contributed by atoms with Gasteiger partial charge < -0.3 is 10.1 Å². The van der Waals surface area contributed by atoms with E-state index in [2.05, 4.69) is 5.32 Å². The van der Waals surface area contributed by atoms with Gasteiger partial charge in [0.05, 0.1) is 16.7 Å². The summed E-state index contributed by atoms with van der Waals surface area (Å²) in [6, 6.07) is 13.3. The lowest BCUT2D eigenvalue weighted by Crippen LogP contribution is -2.31. The molecule has 1 atom stereocenters. The van der Waals surface area contributed by atoms with Crippen LogP contribution in [0.25, 0.3) is 0 Å². The van der Waals surface area contributed by atoms with Crippen molar-refractivity contribution in [2.45, 2.75) is 28.7 Å². The highest BCUT2D eigenvalue weighted by molar-refractivity contribution is 7.98. The predicted molar refractivity (Wildman–Crippen MR) is 112 cm³/mol. The van der Waals surface area contributed by atoms with Crippen molar-refractivity contribution in [1.29, 1.82) is 0 Å². The average molecular weight is 421 g/mol. The second-order valence-corrected chi connectivity index (χ2v) is 9.39. The molecule has 1 heterocycles. The van der Waals surface area contributed by atoms with Crippen LogP contribution in [0.4, 0.5) is 5.69 Å². The Morgan fingerprint density at radius 2 is 1.86 bits per heavy atom. The number of thioether (sulfide) groups is 1. The molecule has 1 saturated heterocycles. The summed E-state index contributed by atoms with van der Waals surface area (Å²) < 4.78 is 32.4. The maximum absolute atomic E-state index is 12.8. The molecule has 1 aliphatic heterocycles. The van der Waals surface area contributed by atoms with Gasteiger partial charge in [-0.15, -0.1) is 11.8 Å². The summed E-state index contributed by atoms with van der Waals surface area (Å²) in [4.78, 5) is 13.5. The van der Waals surface area contributed by atoms with E-state index in [0.717, 1.165) is 24.3 Å². The van der Waals surface area contributed by atoms with E-state index < -0.39 is 10.0 Å². The number of rotatable bonds is 7. The Morgan fingerprint density at radius 1 is 1.18 bits per heavy atom. The molecule has 0 aromatic heterocycles. The molecule has 0 unspecified atom stereocenters. The van der Waals surface area contributed by atoms with E-state index in [-0.39, 0.29) is 16.9 Å². The summed E-state index contributed by atoms with van der Waals surface area (Å²) in [6.07, 6.45) is 4.00. The van der Waals surface area contributed by atoms with E-state index in [1.165, 1.54) is 11.4 Å². The summed E-state index contributed by atoms with van der Waals surface area (Å²) in [7, 11) is -2.16. The van der Waals surface area contributed by atoms with Gasteiger partial charge in [0.2, 0.25) is 0 Å². The van der Waals surface area contributed by atoms with E-state index in [9.17, 15) is 13.2 Å². The fourth-order valence-electron chi connectivity index (χ4n) is 2.98. The van der Waals surface area contributed by atoms with Crippen LogP contribution < -0.4 is 9.62 Å². The van der Waals surface area contributed by atoms with Crippen molar-refractivity contribution < 1.29 is 17.9 Å². The van der Waals surface area contributed by atoms with Crippen LogP contribution in [0.5, 0.6) is 0 Å². The zero-order chi connectivity index (χ0) is 20.1. The molecule has 6 nitrogen and oxygen atoms in total. The number of amides is 1. The van der Waals surface area contributed by atoms with Gasteiger partial charge in [-0.1, -0.05) is 0 Å². The Bertz CT molecular complexity index is 906. The third-order valence-electron chi connectivity index (χ3n) is 4.73. The van der Waals surface area contributed by atoms with Crippen LogP contribution >= 0.6 is 11.8 Å². The molecule has 1 aliphatic rings. The van der Waals surface area contributed by atoms with Crippen molar-refractivity contribution >= 4 is 33.4 Å². The highest BCUT2D eigenvalue weighted by Crippen LogP contribution is 2.24. The van der Waals surface area contributed by atoms with Crippen LogP contribution in [0.15, 0.2) is 58.3 Å². The van der Waals surface area contributed by atoms with Gasteiger partial charge >= 0.3 is 0 Å². The van der Waals surface area contributed by atoms with E-state index in [0.29, 0.717) is 17.8 Å². The third kappa shape index (κ3) is 4.68. The normalized spacial score (nSPS) is 16.7. The zero-order valence-corrected chi connectivity index (χ0v) is 17.6. The predicted octanol–water partition coefficient (Wildman–Crippen LogP) is 3.14. The first-order valence-corrected chi connectivity index (χ1v) is 11.7. The topological polar surface area (TPSA) is 75.7 Å². The summed E-state index contributed by atoms with van der Waals surface area (Å²) in [6.45, 7) is 1.23. The smallest absolute Gasteiger partial charge is 0.264 e. The molecule has 1 amide bonds. The number of hydrogen-bond acceptors (Lipinski definition) is 5. The first-order valence-electron chi connectivity index (χ1n) is 9.04. The summed E-state index contributed by atoms with van der Waals surface area (Å²) in [5, 5.41) is 2.86. The Balaban J connectivity index is 1.68. The van der Waals surface area contributed by atoms with Crippen molar-refractivity contribution in [2.75, 3.05) is 30.8 Å². The van der Waals surface area contributed by atoms with E-state index in [4.69, 9.17) is 4.74 Å². The van der Waals surface area contributed by atoms with Gasteiger partial charge in [0.15, 0.2) is 0 Å². The molecule has 3 rings (SSSR count). The molecule has 0 radical (unpaired) electrons. The molecule has 0 spiro atoms. The minimum absolute atomic E-state index is 0.0806. The Kier molecular flexibility index (Phi) is 6.64. The second-order valence-electron chi connectivity index (χ2n) is 6.54. The van der Waals surface area contributed by atoms with Crippen molar-refractivity contribution in [1.82, 2.24) is 5.32 Å². The van der Waals surface area contributed by atoms with Gasteiger partial charge in [0, 0.05) is 30.7 Å². The molecule has 150 valence electrons. The van der Waals surface area contributed by atoms with Crippen LogP contribution in [-0.2, 0) is 14.8 Å². The summed E-state index contributed by atoms with van der Waals surface area (Å²) >= 11 is 1.55. The van der Waals surface area contributed by atoms with E-state index >= 15 is 0 Å². The molecule has 0 aliphatic carbocycles. The number of sulfonamides is 1. The van der Waals surface area contributed by atoms with Gasteiger partial charge in [-0.2, -0.15) is 0 Å². The quantitative estimate of drug-likeness (QED) is 0.697. The molecule has 8 heteroatoms. The van der Waals surface area contributed by atoms with Crippen LogP contribution in [0.3, 0.4) is 0 Å². The zero-order valence-electron chi connectivity index (χ0n) is 15.9. The van der Waals surface area contributed by atoms with Gasteiger partial charge in [0.25, 0.3) is 15.9 Å². The number of carbonyl (C=O) groups excluding carboxylic acids is 1. The maximum atomic E-state index is 12.8. The molecule has 28 heavy (non-hydrogen) atoms. The van der Waals surface area contributed by atoms with Crippen molar-refractivity contribution in [3.05, 3.63) is 54.1 Å². The number of nitrogens with zero attached hydrogens (tertiary/aromatic N) is 1. The van der Waals surface area contributed by atoms with E-state index in [1.807, 2.05) is 6.26 Å². The lowest BCUT2D eigenvalue weighted by atomic mass is 10.2. The van der Waals surface area contributed by atoms with Crippen molar-refractivity contribution in [3.63, 3.8) is 0 Å². The lowest BCUT2D eigenvalue weighted by Gasteiger charge is -2.20. The van der Waals surface area contributed by atoms with Gasteiger partial charge in [-0.3, -0.25) is 9.10 Å². The molecule has 2 aromatic rings. The number of carbonyl (C=O) groups is 1. The lowest BCUT2D eigenvalue weighted by molar-refractivity contribution is 0.0858. The number of nitrogens with one attached hydrogen (secondary N) is 1. The van der Waals surface area contributed by atoms with Crippen molar-refractivity contribution in [3.8, 4) is 0 Å². The van der Waals surface area contributed by atoms with Gasteiger partial charge in [0.1, 0.15) is 0 Å². The van der Waals surface area contributed by atoms with Gasteiger partial charge in [-0.25, -0.2) is 8.42 Å². The average Bonchev–Trinajstić information content (AvgIpc) is 3.25. The van der Waals surface area contributed by atoms with Crippen LogP contribution in [0, 0.1) is 0 Å². The standard InChI is InChI=1S/C20H24N2O4S2/c1-22(28(24,25)19-11-9-18(27-2)10-12-19)16-7-5-15(6-8-16)20(23)21-14-17-4-3-13-26-17/h5-12,17H,3-4,13-14H2,1-2H3,(H,21,23)/t17-/m1/s1. The third-order valence-corrected chi connectivity index (χ3v) is 7.27. The molecule has 0 bridgehead atoms. The van der Waals surface area contributed by atoms with Crippen LogP contribution in [0.2, 0.25) is 0 Å². The molecule has 0 saturated carbocycles. The number of benzene rings is 2. The Labute approximate surface area is 170 Å². The van der Waals surface area contributed by atoms with Crippen LogP contribution in [0.1, 0.15) is 23.2 Å². The second kappa shape index (κ2) is 8.98. The fourth-order valence-corrected chi connectivity index (χ4v) is 4.58. The van der Waals surface area contributed by atoms with Crippen LogP contribution in [-0.4, -0.2) is 46.9 Å². The fraction of sp³-hybridized carbons (Fsp3) is 0.350. The Morgan fingerprint density at radius 3 is 2.43 bits per heavy atom. The molecule has 2 aromatic carbocycles. The summed E-state index contributed by atoms with van der Waals surface area (Å²) in [5.41, 5.74) is 0.974. The largest absolute Gasteiger partial charge is 0.376 e. The maximum Gasteiger partial charge on any atom is 0.264 e. The first-order chi connectivity index (χ1) is 13.4. The van der Waals surface area contributed by atoms with E-state index in [1.54, 1.807) is 60.3 Å². The van der Waals surface area contributed by atoms with Crippen molar-refractivity contribution in [2.24, 2.45) is 0 Å². The molecular formula is C20H24N2O4S2. The molecule has 1 N–H and O–H groups in total. The minimum Gasteiger partial charge on any atom is -0.376 e. The highest BCUT2D eigenvalue weighted by Gasteiger charge is 2.22. The number of anilines is 1. The minimum atomic E-state index is -3.66. The van der Waals surface area contributed by atoms with Gasteiger partial charge in [-0.05, 0) is 67.6 Å². The molecular weight excluding hydrogens is 396 g/mol. The summed E-state index contributed by atoms with van der Waals surface area (Å²) in [5.74, 6) is -0.194. The molecule has 1 fully saturated rings. The number of ether oxygens (including phenoxy) is 1. The Hall–Kier alpha value is -2.03. The SMILES string of the molecule is CSc1ccc(S(=O)(=O)N(C)c2ccc(C(=O)NC[C@H]3CCCO3)cc2)cc1.